The third kappa shape index (κ3) is 6.20. The molecular weight excluding hydrogens is 434 g/mol. The van der Waals surface area contributed by atoms with Crippen LogP contribution in [0.1, 0.15) is 32.1 Å². The Morgan fingerprint density at radius 3 is 2.39 bits per heavy atom. The lowest BCUT2D eigenvalue weighted by Gasteiger charge is -2.07. The average molecular weight is 460 g/mol. The summed E-state index contributed by atoms with van der Waals surface area (Å²) in [5.74, 6) is -0.341. The van der Waals surface area contributed by atoms with Gasteiger partial charge < -0.3 is 4.74 Å². The Bertz CT molecular complexity index is 1140. The minimum atomic E-state index is -3.64. The van der Waals surface area contributed by atoms with Crippen molar-refractivity contribution in [3.05, 3.63) is 75.8 Å². The number of anilines is 1. The Hall–Kier alpha value is -2.59. The van der Waals surface area contributed by atoms with Crippen molar-refractivity contribution in [2.75, 3.05) is 25.6 Å². The highest BCUT2D eigenvalue weighted by molar-refractivity contribution is 7.89. The number of rotatable bonds is 9. The Balaban J connectivity index is 1.65. The molecule has 7 nitrogen and oxygen atoms in total. The van der Waals surface area contributed by atoms with Gasteiger partial charge in [-0.2, -0.15) is 0 Å². The number of aryl methyl sites for hydroxylation is 2. The highest BCUT2D eigenvalue weighted by atomic mass is 32.2. The molecule has 164 valence electrons. The molecule has 31 heavy (non-hydrogen) atoms. The zero-order chi connectivity index (χ0) is 22.4. The van der Waals surface area contributed by atoms with Gasteiger partial charge in [0.2, 0.25) is 10.0 Å². The van der Waals surface area contributed by atoms with E-state index in [1.54, 1.807) is 0 Å². The van der Waals surface area contributed by atoms with Gasteiger partial charge in [-0.15, -0.1) is 11.3 Å². The summed E-state index contributed by atoms with van der Waals surface area (Å²) in [7, 11) is -2.14. The summed E-state index contributed by atoms with van der Waals surface area (Å²) in [6, 6.07) is 14.1. The fourth-order valence-corrected chi connectivity index (χ4v) is 4.86. The van der Waals surface area contributed by atoms with E-state index in [1.807, 2.05) is 6.92 Å². The number of hydrogen-bond acceptors (Lipinski definition) is 6. The van der Waals surface area contributed by atoms with Gasteiger partial charge in [0.05, 0.1) is 17.2 Å². The number of carbonyl (C=O) groups excluding carboxylic acids is 1. The van der Waals surface area contributed by atoms with Crippen LogP contribution in [0.3, 0.4) is 0 Å². The third-order valence-corrected chi connectivity index (χ3v) is 7.17. The summed E-state index contributed by atoms with van der Waals surface area (Å²) in [5.41, 5.74) is 3.63. The number of carbonyl (C=O) groups is 1. The van der Waals surface area contributed by atoms with Gasteiger partial charge in [0.25, 0.3) is 5.91 Å². The molecule has 9 heteroatoms. The molecule has 0 saturated heterocycles. The van der Waals surface area contributed by atoms with Crippen LogP contribution in [0.5, 0.6) is 0 Å². The fraction of sp³-hybridized carbons (Fsp3) is 0.273. The summed E-state index contributed by atoms with van der Waals surface area (Å²) in [5, 5.41) is 3.32. The molecule has 0 saturated carbocycles. The molecule has 0 aliphatic rings. The SMILES string of the molecule is COCCNS(=O)(=O)c1ccc(C(=O)Nc2nc(C)c(Cc3ccc(C)cc3)s2)cc1. The first-order chi connectivity index (χ1) is 14.8. The lowest BCUT2D eigenvalue weighted by molar-refractivity contribution is 0.102. The molecule has 0 fully saturated rings. The van der Waals surface area contributed by atoms with Gasteiger partial charge in [0, 0.05) is 30.5 Å². The Morgan fingerprint density at radius 1 is 1.06 bits per heavy atom. The summed E-state index contributed by atoms with van der Waals surface area (Å²) < 4.78 is 31.7. The maximum atomic E-state index is 12.6. The lowest BCUT2D eigenvalue weighted by Crippen LogP contribution is -2.27. The van der Waals surface area contributed by atoms with E-state index in [4.69, 9.17) is 4.74 Å². The van der Waals surface area contributed by atoms with Crippen molar-refractivity contribution in [1.82, 2.24) is 9.71 Å². The van der Waals surface area contributed by atoms with E-state index >= 15 is 0 Å². The van der Waals surface area contributed by atoms with E-state index < -0.39 is 10.0 Å². The molecule has 0 aliphatic carbocycles. The lowest BCUT2D eigenvalue weighted by atomic mass is 10.1. The van der Waals surface area contributed by atoms with Crippen LogP contribution < -0.4 is 10.0 Å². The average Bonchev–Trinajstić information content (AvgIpc) is 3.08. The number of benzene rings is 2. The molecular formula is C22H25N3O4S2. The molecule has 0 unspecified atom stereocenters. The van der Waals surface area contributed by atoms with E-state index in [-0.39, 0.29) is 24.0 Å². The summed E-state index contributed by atoms with van der Waals surface area (Å²) >= 11 is 1.44. The van der Waals surface area contributed by atoms with Crippen molar-refractivity contribution >= 4 is 32.4 Å². The maximum Gasteiger partial charge on any atom is 0.257 e. The normalized spacial score (nSPS) is 11.5. The number of nitrogens with one attached hydrogen (secondary N) is 2. The number of methoxy groups -OCH3 is 1. The van der Waals surface area contributed by atoms with Gasteiger partial charge in [0.1, 0.15) is 0 Å². The minimum absolute atomic E-state index is 0.0885. The number of ether oxygens (including phenoxy) is 1. The van der Waals surface area contributed by atoms with Crippen LogP contribution in [0, 0.1) is 13.8 Å². The van der Waals surface area contributed by atoms with Gasteiger partial charge >= 0.3 is 0 Å². The molecule has 1 heterocycles. The smallest absolute Gasteiger partial charge is 0.257 e. The number of nitrogens with zero attached hydrogens (tertiary/aromatic N) is 1. The monoisotopic (exact) mass is 459 g/mol. The molecule has 1 amide bonds. The molecule has 3 aromatic rings. The zero-order valence-corrected chi connectivity index (χ0v) is 19.3. The second kappa shape index (κ2) is 10.1. The molecule has 0 aliphatic heterocycles. The predicted molar refractivity (Wildman–Crippen MR) is 122 cm³/mol. The van der Waals surface area contributed by atoms with Crippen LogP contribution in [-0.2, 0) is 21.2 Å². The van der Waals surface area contributed by atoms with Crippen LogP contribution in [0.25, 0.3) is 0 Å². The van der Waals surface area contributed by atoms with E-state index in [0.29, 0.717) is 10.7 Å². The molecule has 0 bridgehead atoms. The molecule has 0 spiro atoms. The molecule has 0 radical (unpaired) electrons. The summed E-state index contributed by atoms with van der Waals surface area (Å²) in [6.45, 7) is 4.43. The van der Waals surface area contributed by atoms with Gasteiger partial charge in [-0.1, -0.05) is 29.8 Å². The van der Waals surface area contributed by atoms with Gasteiger partial charge in [-0.25, -0.2) is 18.1 Å². The van der Waals surface area contributed by atoms with Crippen molar-refractivity contribution in [3.63, 3.8) is 0 Å². The molecule has 1 aromatic heterocycles. The first kappa shape index (κ1) is 23.1. The van der Waals surface area contributed by atoms with Crippen molar-refractivity contribution in [2.45, 2.75) is 25.2 Å². The largest absolute Gasteiger partial charge is 0.383 e. The van der Waals surface area contributed by atoms with E-state index in [9.17, 15) is 13.2 Å². The van der Waals surface area contributed by atoms with Gasteiger partial charge in [-0.3, -0.25) is 10.1 Å². The maximum absolute atomic E-state index is 12.6. The fourth-order valence-electron chi connectivity index (χ4n) is 2.85. The van der Waals surface area contributed by atoms with Crippen molar-refractivity contribution < 1.29 is 17.9 Å². The first-order valence-electron chi connectivity index (χ1n) is 9.70. The number of hydrogen-bond donors (Lipinski definition) is 2. The minimum Gasteiger partial charge on any atom is -0.383 e. The van der Waals surface area contributed by atoms with Crippen LogP contribution in [-0.4, -0.2) is 39.6 Å². The Kier molecular flexibility index (Phi) is 7.55. The predicted octanol–water partition coefficient (Wildman–Crippen LogP) is 3.53. The highest BCUT2D eigenvalue weighted by Gasteiger charge is 2.16. The van der Waals surface area contributed by atoms with Crippen LogP contribution in [0.2, 0.25) is 0 Å². The molecule has 2 aromatic carbocycles. The number of aromatic nitrogens is 1. The van der Waals surface area contributed by atoms with Crippen LogP contribution in [0.15, 0.2) is 53.4 Å². The topological polar surface area (TPSA) is 97.4 Å². The van der Waals surface area contributed by atoms with Gasteiger partial charge in [-0.05, 0) is 43.7 Å². The van der Waals surface area contributed by atoms with Gasteiger partial charge in [0.15, 0.2) is 5.13 Å². The van der Waals surface area contributed by atoms with E-state index in [2.05, 4.69) is 46.2 Å². The highest BCUT2D eigenvalue weighted by Crippen LogP contribution is 2.26. The zero-order valence-electron chi connectivity index (χ0n) is 17.6. The van der Waals surface area contributed by atoms with E-state index in [0.717, 1.165) is 17.0 Å². The number of thiazole rings is 1. The Morgan fingerprint density at radius 2 is 1.74 bits per heavy atom. The summed E-state index contributed by atoms with van der Waals surface area (Å²) in [6.07, 6.45) is 0.752. The third-order valence-electron chi connectivity index (χ3n) is 4.62. The second-order valence-corrected chi connectivity index (χ2v) is 9.91. The molecule has 0 atom stereocenters. The standard InChI is InChI=1S/C22H25N3O4S2/c1-15-4-6-17(7-5-15)14-20-16(2)24-22(30-20)25-21(26)18-8-10-19(11-9-18)31(27,28)23-12-13-29-3/h4-11,23H,12-14H2,1-3H3,(H,24,25,26). The number of amides is 1. The van der Waals surface area contributed by atoms with Crippen LogP contribution in [0.4, 0.5) is 5.13 Å². The number of sulfonamides is 1. The van der Waals surface area contributed by atoms with Crippen molar-refractivity contribution in [3.8, 4) is 0 Å². The van der Waals surface area contributed by atoms with Crippen molar-refractivity contribution in [2.24, 2.45) is 0 Å². The second-order valence-electron chi connectivity index (χ2n) is 7.06. The first-order valence-corrected chi connectivity index (χ1v) is 12.0. The van der Waals surface area contributed by atoms with Crippen molar-refractivity contribution in [1.29, 1.82) is 0 Å². The quantitative estimate of drug-likeness (QED) is 0.477. The summed E-state index contributed by atoms with van der Waals surface area (Å²) in [4.78, 5) is 18.2. The van der Waals surface area contributed by atoms with E-state index in [1.165, 1.54) is 53.8 Å². The van der Waals surface area contributed by atoms with Crippen LogP contribution >= 0.6 is 11.3 Å². The Labute approximate surface area is 186 Å². The molecule has 2 N–H and O–H groups in total. The molecule has 3 rings (SSSR count).